The largest absolute Gasteiger partial charge is 0.497 e. The van der Waals surface area contributed by atoms with Crippen molar-refractivity contribution in [2.24, 2.45) is 0 Å². The second-order valence-electron chi connectivity index (χ2n) is 5.92. The minimum atomic E-state index is -1.34. The summed E-state index contributed by atoms with van der Waals surface area (Å²) in [6, 6.07) is 17.2. The lowest BCUT2D eigenvalue weighted by atomic mass is 10.1. The molecule has 4 nitrogen and oxygen atoms in total. The van der Waals surface area contributed by atoms with Crippen LogP contribution in [0.15, 0.2) is 59.5 Å². The van der Waals surface area contributed by atoms with Crippen LogP contribution in [0.5, 0.6) is 5.75 Å². The topological polar surface area (TPSA) is 63.6 Å². The van der Waals surface area contributed by atoms with Gasteiger partial charge in [0.05, 0.1) is 24.3 Å². The molecule has 0 bridgehead atoms. The predicted molar refractivity (Wildman–Crippen MR) is 99.4 cm³/mol. The molecule has 5 heteroatoms. The minimum Gasteiger partial charge on any atom is -0.497 e. The average Bonchev–Trinajstić information content (AvgIpc) is 2.64. The van der Waals surface area contributed by atoms with Crippen molar-refractivity contribution in [3.05, 3.63) is 60.2 Å². The summed E-state index contributed by atoms with van der Waals surface area (Å²) in [4.78, 5) is 11.8. The van der Waals surface area contributed by atoms with Gasteiger partial charge in [-0.2, -0.15) is 0 Å². The maximum absolute atomic E-state index is 12.8. The van der Waals surface area contributed by atoms with Crippen molar-refractivity contribution in [3.63, 3.8) is 0 Å². The highest BCUT2D eigenvalue weighted by atomic mass is 32.2. The Morgan fingerprint density at radius 2 is 1.76 bits per heavy atom. The second-order valence-corrected chi connectivity index (χ2v) is 7.66. The third-order valence-electron chi connectivity index (χ3n) is 4.08. The number of methoxy groups -OCH3 is 1. The Kier molecular flexibility index (Phi) is 7.67. The lowest BCUT2D eigenvalue weighted by Crippen LogP contribution is -2.20. The molecule has 2 atom stereocenters. The highest BCUT2D eigenvalue weighted by Crippen LogP contribution is 2.22. The summed E-state index contributed by atoms with van der Waals surface area (Å²) in [7, 11) is 0.239. The fourth-order valence-electron chi connectivity index (χ4n) is 2.73. The van der Waals surface area contributed by atoms with Crippen molar-refractivity contribution in [1.82, 2.24) is 0 Å². The predicted octanol–water partition coefficient (Wildman–Crippen LogP) is 4.06. The maximum Gasteiger partial charge on any atom is 0.304 e. The van der Waals surface area contributed by atoms with Gasteiger partial charge in [-0.25, -0.2) is 0 Å². The number of aryl methyl sites for hydroxylation is 1. The van der Waals surface area contributed by atoms with E-state index in [0.29, 0.717) is 17.1 Å². The molecule has 0 aliphatic heterocycles. The number of unbranched alkanes of at least 4 members (excludes halogenated alkanes) is 1. The fourth-order valence-corrected chi connectivity index (χ4v) is 4.19. The van der Waals surface area contributed by atoms with Gasteiger partial charge >= 0.3 is 5.97 Å². The van der Waals surface area contributed by atoms with Gasteiger partial charge in [0.25, 0.3) is 0 Å². The Morgan fingerprint density at radius 1 is 1.08 bits per heavy atom. The molecule has 25 heavy (non-hydrogen) atoms. The Balaban J connectivity index is 1.92. The van der Waals surface area contributed by atoms with Gasteiger partial charge in [0.15, 0.2) is 0 Å². The minimum absolute atomic E-state index is 0.0794. The van der Waals surface area contributed by atoms with Gasteiger partial charge in [-0.1, -0.05) is 36.8 Å². The zero-order valence-electron chi connectivity index (χ0n) is 14.4. The van der Waals surface area contributed by atoms with Gasteiger partial charge in [-0.05, 0) is 49.1 Å². The van der Waals surface area contributed by atoms with Crippen LogP contribution in [0.1, 0.15) is 31.2 Å². The summed E-state index contributed by atoms with van der Waals surface area (Å²) in [5.41, 5.74) is 1.27. The number of carboxylic acid groups (broad SMARTS) is 1. The molecular weight excluding hydrogens is 336 g/mol. The van der Waals surface area contributed by atoms with E-state index in [2.05, 4.69) is 12.1 Å². The Labute approximate surface area is 151 Å². The van der Waals surface area contributed by atoms with Crippen molar-refractivity contribution in [3.8, 4) is 5.75 Å². The zero-order chi connectivity index (χ0) is 18.1. The Morgan fingerprint density at radius 3 is 2.36 bits per heavy atom. The molecule has 0 radical (unpaired) electrons. The molecule has 2 rings (SSSR count). The standard InChI is InChI=1S/C20H24O4S/c1-24-17-11-13-18(14-12-17)25(23)19(15-20(21)22)10-6-5-9-16-7-3-2-4-8-16/h2-4,7-8,11-14,19H,5-6,9-10,15H2,1H3,(H,21,22). The van der Waals surface area contributed by atoms with Crippen molar-refractivity contribution < 1.29 is 18.8 Å². The molecule has 0 amide bonds. The normalized spacial score (nSPS) is 13.2. The van der Waals surface area contributed by atoms with E-state index in [9.17, 15) is 9.00 Å². The number of hydrogen-bond acceptors (Lipinski definition) is 3. The summed E-state index contributed by atoms with van der Waals surface area (Å²) in [5.74, 6) is -0.215. The summed E-state index contributed by atoms with van der Waals surface area (Å²) >= 11 is 0. The number of hydrogen-bond donors (Lipinski definition) is 1. The lowest BCUT2D eigenvalue weighted by molar-refractivity contribution is -0.137. The molecule has 2 unspecified atom stereocenters. The van der Waals surface area contributed by atoms with Crippen LogP contribution in [0, 0.1) is 0 Å². The first kappa shape index (κ1) is 19.2. The number of benzene rings is 2. The van der Waals surface area contributed by atoms with Crippen molar-refractivity contribution in [2.45, 2.75) is 42.2 Å². The van der Waals surface area contributed by atoms with E-state index >= 15 is 0 Å². The molecule has 0 heterocycles. The third-order valence-corrected chi connectivity index (χ3v) is 5.83. The van der Waals surface area contributed by atoms with Crippen molar-refractivity contribution in [1.29, 1.82) is 0 Å². The molecule has 134 valence electrons. The lowest BCUT2D eigenvalue weighted by Gasteiger charge is -2.15. The molecule has 1 N–H and O–H groups in total. The van der Waals surface area contributed by atoms with Gasteiger partial charge in [0.1, 0.15) is 5.75 Å². The van der Waals surface area contributed by atoms with Gasteiger partial charge < -0.3 is 9.84 Å². The van der Waals surface area contributed by atoms with E-state index < -0.39 is 16.8 Å². The van der Waals surface area contributed by atoms with Crippen LogP contribution in [0.3, 0.4) is 0 Å². The molecular formula is C20H24O4S. The number of carbonyl (C=O) groups is 1. The number of aliphatic carboxylic acids is 1. The molecule has 0 fully saturated rings. The van der Waals surface area contributed by atoms with E-state index in [1.165, 1.54) is 5.56 Å². The number of ether oxygens (including phenoxy) is 1. The molecule has 0 aliphatic rings. The van der Waals surface area contributed by atoms with Crippen LogP contribution in [0.4, 0.5) is 0 Å². The van der Waals surface area contributed by atoms with Crippen LogP contribution in [0.25, 0.3) is 0 Å². The third kappa shape index (κ3) is 6.35. The van der Waals surface area contributed by atoms with E-state index in [-0.39, 0.29) is 11.7 Å². The van der Waals surface area contributed by atoms with Crippen molar-refractivity contribution >= 4 is 16.8 Å². The van der Waals surface area contributed by atoms with Crippen LogP contribution in [-0.2, 0) is 22.0 Å². The van der Waals surface area contributed by atoms with Crippen LogP contribution in [0.2, 0.25) is 0 Å². The Bertz CT molecular complexity index is 683. The summed E-state index contributed by atoms with van der Waals surface area (Å²) in [5, 5.41) is 8.77. The summed E-state index contributed by atoms with van der Waals surface area (Å²) in [6.45, 7) is 0. The van der Waals surface area contributed by atoms with Gasteiger partial charge in [0.2, 0.25) is 0 Å². The highest BCUT2D eigenvalue weighted by Gasteiger charge is 2.21. The van der Waals surface area contributed by atoms with E-state index in [1.807, 2.05) is 18.2 Å². The molecule has 2 aromatic carbocycles. The number of carboxylic acids is 1. The fraction of sp³-hybridized carbons (Fsp3) is 0.350. The van der Waals surface area contributed by atoms with E-state index in [0.717, 1.165) is 19.3 Å². The monoisotopic (exact) mass is 360 g/mol. The first-order chi connectivity index (χ1) is 12.1. The molecule has 0 aromatic heterocycles. The van der Waals surface area contributed by atoms with Crippen molar-refractivity contribution in [2.75, 3.05) is 7.11 Å². The van der Waals surface area contributed by atoms with Gasteiger partial charge in [0, 0.05) is 10.1 Å². The second kappa shape index (κ2) is 9.99. The van der Waals surface area contributed by atoms with Crippen LogP contribution < -0.4 is 4.74 Å². The van der Waals surface area contributed by atoms with Crippen LogP contribution >= 0.6 is 0 Å². The number of rotatable bonds is 10. The molecule has 0 saturated heterocycles. The smallest absolute Gasteiger partial charge is 0.304 e. The van der Waals surface area contributed by atoms with Gasteiger partial charge in [-0.3, -0.25) is 9.00 Å². The van der Waals surface area contributed by atoms with Crippen LogP contribution in [-0.4, -0.2) is 27.6 Å². The average molecular weight is 360 g/mol. The molecule has 0 saturated carbocycles. The highest BCUT2D eigenvalue weighted by molar-refractivity contribution is 7.85. The van der Waals surface area contributed by atoms with Gasteiger partial charge in [-0.15, -0.1) is 0 Å². The Hall–Kier alpha value is -2.14. The first-order valence-electron chi connectivity index (χ1n) is 8.40. The first-order valence-corrected chi connectivity index (χ1v) is 9.62. The molecule has 2 aromatic rings. The SMILES string of the molecule is COc1ccc(S(=O)C(CCCCc2ccccc2)CC(=O)O)cc1. The van der Waals surface area contributed by atoms with E-state index in [1.54, 1.807) is 31.4 Å². The quantitative estimate of drug-likeness (QED) is 0.649. The van der Waals surface area contributed by atoms with E-state index in [4.69, 9.17) is 9.84 Å². The maximum atomic E-state index is 12.8. The zero-order valence-corrected chi connectivity index (χ0v) is 15.2. The molecule has 0 spiro atoms. The molecule has 0 aliphatic carbocycles. The summed E-state index contributed by atoms with van der Waals surface area (Å²) < 4.78 is 17.9. The summed E-state index contributed by atoms with van der Waals surface area (Å²) in [6.07, 6.45) is 3.33.